The summed E-state index contributed by atoms with van der Waals surface area (Å²) in [6.45, 7) is 5.43. The van der Waals surface area contributed by atoms with Crippen molar-refractivity contribution in [2.24, 2.45) is 0 Å². The van der Waals surface area contributed by atoms with Gasteiger partial charge in [-0.3, -0.25) is 0 Å². The molecule has 1 N–H and O–H groups in total. The Morgan fingerprint density at radius 1 is 1.14 bits per heavy atom. The molecule has 1 aromatic heterocycles. The van der Waals surface area contributed by atoms with E-state index in [1.807, 2.05) is 23.1 Å². The first kappa shape index (κ1) is 15.8. The Labute approximate surface area is 128 Å². The fraction of sp³-hybridized carbons (Fsp3) is 0.500. The third-order valence-corrected chi connectivity index (χ3v) is 3.87. The van der Waals surface area contributed by atoms with E-state index in [0.717, 1.165) is 12.2 Å². The Hall–Kier alpha value is -1.61. The SMILES string of the molecule is CCCCCCC(C)NCc1ccccc1-n1cccn1. The first-order valence-corrected chi connectivity index (χ1v) is 8.12. The second-order valence-electron chi connectivity index (χ2n) is 5.71. The van der Waals surface area contributed by atoms with Gasteiger partial charge in [0.05, 0.1) is 5.69 Å². The minimum absolute atomic E-state index is 0.563. The number of hydrogen-bond donors (Lipinski definition) is 1. The number of nitrogens with zero attached hydrogens (tertiary/aromatic N) is 2. The van der Waals surface area contributed by atoms with Crippen molar-refractivity contribution < 1.29 is 0 Å². The van der Waals surface area contributed by atoms with Gasteiger partial charge in [-0.05, 0) is 31.0 Å². The van der Waals surface area contributed by atoms with Crippen LogP contribution in [0.3, 0.4) is 0 Å². The molecule has 3 nitrogen and oxygen atoms in total. The Bertz CT molecular complexity index is 505. The lowest BCUT2D eigenvalue weighted by molar-refractivity contribution is 0.482. The van der Waals surface area contributed by atoms with Crippen LogP contribution in [0.5, 0.6) is 0 Å². The maximum Gasteiger partial charge on any atom is 0.0690 e. The fourth-order valence-corrected chi connectivity index (χ4v) is 2.56. The van der Waals surface area contributed by atoms with E-state index in [1.165, 1.54) is 37.7 Å². The van der Waals surface area contributed by atoms with Crippen molar-refractivity contribution in [2.75, 3.05) is 0 Å². The maximum atomic E-state index is 4.33. The monoisotopic (exact) mass is 285 g/mol. The molecule has 3 heteroatoms. The average molecular weight is 285 g/mol. The van der Waals surface area contributed by atoms with Crippen LogP contribution in [0.1, 0.15) is 51.5 Å². The van der Waals surface area contributed by atoms with E-state index in [2.05, 4.69) is 48.5 Å². The highest BCUT2D eigenvalue weighted by molar-refractivity contribution is 5.40. The second-order valence-corrected chi connectivity index (χ2v) is 5.71. The molecule has 0 spiro atoms. The molecular weight excluding hydrogens is 258 g/mol. The molecule has 0 saturated carbocycles. The van der Waals surface area contributed by atoms with Gasteiger partial charge in [-0.2, -0.15) is 5.10 Å². The Balaban J connectivity index is 1.86. The highest BCUT2D eigenvalue weighted by Crippen LogP contribution is 2.14. The minimum atomic E-state index is 0.563. The molecule has 0 amide bonds. The van der Waals surface area contributed by atoms with Crippen molar-refractivity contribution in [3.63, 3.8) is 0 Å². The van der Waals surface area contributed by atoms with Gasteiger partial charge < -0.3 is 5.32 Å². The van der Waals surface area contributed by atoms with Gasteiger partial charge in [-0.25, -0.2) is 4.68 Å². The summed E-state index contributed by atoms with van der Waals surface area (Å²) in [7, 11) is 0. The topological polar surface area (TPSA) is 29.9 Å². The molecule has 0 fully saturated rings. The van der Waals surface area contributed by atoms with E-state index in [-0.39, 0.29) is 0 Å². The molecule has 2 rings (SSSR count). The summed E-state index contributed by atoms with van der Waals surface area (Å²) in [5.74, 6) is 0. The van der Waals surface area contributed by atoms with Gasteiger partial charge >= 0.3 is 0 Å². The first-order valence-electron chi connectivity index (χ1n) is 8.12. The number of hydrogen-bond acceptors (Lipinski definition) is 2. The lowest BCUT2D eigenvalue weighted by Crippen LogP contribution is -2.26. The molecule has 0 aliphatic carbocycles. The van der Waals surface area contributed by atoms with Crippen LogP contribution < -0.4 is 5.32 Å². The molecule has 21 heavy (non-hydrogen) atoms. The number of rotatable bonds is 9. The van der Waals surface area contributed by atoms with E-state index < -0.39 is 0 Å². The molecule has 1 atom stereocenters. The Kier molecular flexibility index (Phi) is 6.48. The summed E-state index contributed by atoms with van der Waals surface area (Å²) in [4.78, 5) is 0. The largest absolute Gasteiger partial charge is 0.310 e. The molecule has 0 saturated heterocycles. The van der Waals surface area contributed by atoms with Gasteiger partial charge in [0.15, 0.2) is 0 Å². The molecule has 1 aromatic carbocycles. The zero-order valence-electron chi connectivity index (χ0n) is 13.3. The van der Waals surface area contributed by atoms with E-state index in [9.17, 15) is 0 Å². The highest BCUT2D eigenvalue weighted by Gasteiger charge is 2.06. The second kappa shape index (κ2) is 8.63. The van der Waals surface area contributed by atoms with Crippen molar-refractivity contribution >= 4 is 0 Å². The summed E-state index contributed by atoms with van der Waals surface area (Å²) in [5.41, 5.74) is 2.45. The van der Waals surface area contributed by atoms with E-state index in [4.69, 9.17) is 0 Å². The standard InChI is InChI=1S/C18H27N3/c1-3-4-5-6-10-16(2)19-15-17-11-7-8-12-18(17)21-14-9-13-20-21/h7-9,11-14,16,19H,3-6,10,15H2,1-2H3. The number of benzene rings is 1. The molecule has 0 aliphatic rings. The van der Waals surface area contributed by atoms with Crippen molar-refractivity contribution in [3.8, 4) is 5.69 Å². The third kappa shape index (κ3) is 5.01. The maximum absolute atomic E-state index is 4.33. The number of unbranched alkanes of at least 4 members (excludes halogenated alkanes) is 3. The molecule has 1 unspecified atom stereocenters. The van der Waals surface area contributed by atoms with Crippen molar-refractivity contribution in [1.82, 2.24) is 15.1 Å². The van der Waals surface area contributed by atoms with Crippen LogP contribution in [-0.2, 0) is 6.54 Å². The summed E-state index contributed by atoms with van der Waals surface area (Å²) in [5, 5.41) is 7.97. The van der Waals surface area contributed by atoms with Crippen LogP contribution in [0, 0.1) is 0 Å². The van der Waals surface area contributed by atoms with Gasteiger partial charge in [-0.15, -0.1) is 0 Å². The van der Waals surface area contributed by atoms with Crippen LogP contribution in [0.25, 0.3) is 5.69 Å². The number of para-hydroxylation sites is 1. The van der Waals surface area contributed by atoms with Crippen LogP contribution in [0.4, 0.5) is 0 Å². The Morgan fingerprint density at radius 2 is 2.00 bits per heavy atom. The van der Waals surface area contributed by atoms with Gasteiger partial charge in [0.1, 0.15) is 0 Å². The van der Waals surface area contributed by atoms with Gasteiger partial charge in [-0.1, -0.05) is 50.8 Å². The quantitative estimate of drug-likeness (QED) is 0.695. The lowest BCUT2D eigenvalue weighted by Gasteiger charge is -2.16. The summed E-state index contributed by atoms with van der Waals surface area (Å²) >= 11 is 0. The average Bonchev–Trinajstić information content (AvgIpc) is 3.04. The fourth-order valence-electron chi connectivity index (χ4n) is 2.56. The molecule has 1 heterocycles. The summed E-state index contributed by atoms with van der Waals surface area (Å²) < 4.78 is 1.93. The van der Waals surface area contributed by atoms with Crippen molar-refractivity contribution in [3.05, 3.63) is 48.3 Å². The number of nitrogens with one attached hydrogen (secondary N) is 1. The normalized spacial score (nSPS) is 12.5. The predicted molar refractivity (Wildman–Crippen MR) is 88.6 cm³/mol. The smallest absolute Gasteiger partial charge is 0.0690 e. The van der Waals surface area contributed by atoms with Gasteiger partial charge in [0, 0.05) is 25.0 Å². The van der Waals surface area contributed by atoms with Crippen molar-refractivity contribution in [1.29, 1.82) is 0 Å². The molecule has 2 aromatic rings. The zero-order valence-corrected chi connectivity index (χ0v) is 13.3. The van der Waals surface area contributed by atoms with E-state index in [1.54, 1.807) is 0 Å². The predicted octanol–water partition coefficient (Wildman–Crippen LogP) is 4.32. The minimum Gasteiger partial charge on any atom is -0.310 e. The Morgan fingerprint density at radius 3 is 2.76 bits per heavy atom. The van der Waals surface area contributed by atoms with Gasteiger partial charge in [0.2, 0.25) is 0 Å². The summed E-state index contributed by atoms with van der Waals surface area (Å²) in [6, 6.07) is 11.0. The third-order valence-electron chi connectivity index (χ3n) is 3.87. The molecule has 0 aliphatic heterocycles. The van der Waals surface area contributed by atoms with Crippen molar-refractivity contribution in [2.45, 2.75) is 58.5 Å². The first-order chi connectivity index (χ1) is 10.3. The van der Waals surface area contributed by atoms with E-state index in [0.29, 0.717) is 6.04 Å². The van der Waals surface area contributed by atoms with Crippen LogP contribution in [0.15, 0.2) is 42.7 Å². The molecular formula is C18H27N3. The number of aromatic nitrogens is 2. The van der Waals surface area contributed by atoms with Crippen LogP contribution >= 0.6 is 0 Å². The van der Waals surface area contributed by atoms with Crippen LogP contribution in [-0.4, -0.2) is 15.8 Å². The molecule has 0 radical (unpaired) electrons. The molecule has 114 valence electrons. The van der Waals surface area contributed by atoms with Gasteiger partial charge in [0.25, 0.3) is 0 Å². The highest BCUT2D eigenvalue weighted by atomic mass is 15.3. The van der Waals surface area contributed by atoms with E-state index >= 15 is 0 Å². The molecule has 0 bridgehead atoms. The zero-order chi connectivity index (χ0) is 14.9. The van der Waals surface area contributed by atoms with Crippen LogP contribution in [0.2, 0.25) is 0 Å². The summed E-state index contributed by atoms with van der Waals surface area (Å²) in [6.07, 6.45) is 10.4. The lowest BCUT2D eigenvalue weighted by atomic mass is 10.1.